The van der Waals surface area contributed by atoms with Crippen LogP contribution in [0, 0.1) is 6.92 Å². The first-order chi connectivity index (χ1) is 16.4. The van der Waals surface area contributed by atoms with Crippen LogP contribution in [0.15, 0.2) is 83.4 Å². The molecule has 0 amide bonds. The Bertz CT molecular complexity index is 1320. The fraction of sp³-hybridized carbons (Fsp3) is 0.185. The molecular weight excluding hydrogens is 464 g/mol. The molecular formula is C27H25ClN4OS. The Morgan fingerprint density at radius 1 is 1.03 bits per heavy atom. The Balaban J connectivity index is 1.59. The summed E-state index contributed by atoms with van der Waals surface area (Å²) in [5.41, 5.74) is 5.09. The third-order valence-corrected chi connectivity index (χ3v) is 6.68. The van der Waals surface area contributed by atoms with Gasteiger partial charge in [-0.3, -0.25) is 4.98 Å². The maximum Gasteiger partial charge on any atom is 0.174 e. The van der Waals surface area contributed by atoms with Gasteiger partial charge < -0.3 is 19.5 Å². The number of benzene rings is 2. The molecule has 2 atom stereocenters. The number of anilines is 2. The van der Waals surface area contributed by atoms with Crippen molar-refractivity contribution >= 4 is 40.3 Å². The summed E-state index contributed by atoms with van der Waals surface area (Å²) in [6.45, 7) is 2.05. The van der Waals surface area contributed by atoms with E-state index in [1.165, 1.54) is 0 Å². The topological polar surface area (TPSA) is 44.5 Å². The van der Waals surface area contributed by atoms with E-state index in [0.717, 1.165) is 39.7 Å². The van der Waals surface area contributed by atoms with Crippen molar-refractivity contribution in [2.24, 2.45) is 0 Å². The monoisotopic (exact) mass is 488 g/mol. The third-order valence-electron chi connectivity index (χ3n) is 6.13. The molecule has 5 rings (SSSR count). The molecule has 4 aromatic rings. The quantitative estimate of drug-likeness (QED) is 0.321. The molecule has 1 aliphatic heterocycles. The van der Waals surface area contributed by atoms with Crippen molar-refractivity contribution in [2.45, 2.75) is 19.0 Å². The van der Waals surface area contributed by atoms with Crippen molar-refractivity contribution in [3.63, 3.8) is 0 Å². The van der Waals surface area contributed by atoms with Gasteiger partial charge >= 0.3 is 0 Å². The molecule has 3 heterocycles. The van der Waals surface area contributed by atoms with E-state index in [4.69, 9.17) is 28.2 Å². The number of halogens is 1. The van der Waals surface area contributed by atoms with Crippen LogP contribution in [0.2, 0.25) is 5.02 Å². The van der Waals surface area contributed by atoms with E-state index < -0.39 is 0 Å². The summed E-state index contributed by atoms with van der Waals surface area (Å²) in [5.74, 6) is 1.57. The Morgan fingerprint density at radius 3 is 2.53 bits per heavy atom. The fourth-order valence-corrected chi connectivity index (χ4v) is 4.87. The molecule has 1 saturated heterocycles. The van der Waals surface area contributed by atoms with Gasteiger partial charge in [0.15, 0.2) is 5.11 Å². The summed E-state index contributed by atoms with van der Waals surface area (Å²) in [7, 11) is 4.05. The molecule has 1 fully saturated rings. The molecule has 0 spiro atoms. The van der Waals surface area contributed by atoms with E-state index in [1.807, 2.05) is 62.6 Å². The van der Waals surface area contributed by atoms with E-state index in [2.05, 4.69) is 51.3 Å². The van der Waals surface area contributed by atoms with Crippen LogP contribution in [0.25, 0.3) is 11.3 Å². The lowest BCUT2D eigenvalue weighted by Gasteiger charge is -2.26. The minimum atomic E-state index is -0.208. The van der Waals surface area contributed by atoms with Gasteiger partial charge in [-0.25, -0.2) is 0 Å². The summed E-state index contributed by atoms with van der Waals surface area (Å²) in [5, 5.41) is 4.79. The zero-order chi connectivity index (χ0) is 23.8. The highest BCUT2D eigenvalue weighted by Gasteiger charge is 2.42. The van der Waals surface area contributed by atoms with Gasteiger partial charge in [-0.15, -0.1) is 0 Å². The number of thiocarbonyl (C=S) groups is 1. The molecule has 1 N–H and O–H groups in total. The number of nitrogens with zero attached hydrogens (tertiary/aromatic N) is 3. The second kappa shape index (κ2) is 9.12. The van der Waals surface area contributed by atoms with E-state index >= 15 is 0 Å². The average Bonchev–Trinajstić information content (AvgIpc) is 3.46. The average molecular weight is 489 g/mol. The van der Waals surface area contributed by atoms with Gasteiger partial charge in [-0.05, 0) is 85.4 Å². The minimum absolute atomic E-state index is 0.165. The van der Waals surface area contributed by atoms with Crippen molar-refractivity contribution in [3.05, 3.63) is 101 Å². The molecule has 0 unspecified atom stereocenters. The lowest BCUT2D eigenvalue weighted by atomic mass is 10.0. The Morgan fingerprint density at radius 2 is 1.82 bits per heavy atom. The first kappa shape index (κ1) is 22.4. The molecule has 0 aliphatic carbocycles. The highest BCUT2D eigenvalue weighted by atomic mass is 35.5. The zero-order valence-electron chi connectivity index (χ0n) is 19.2. The molecule has 0 saturated carbocycles. The van der Waals surface area contributed by atoms with Gasteiger partial charge in [-0.1, -0.05) is 23.7 Å². The predicted octanol–water partition coefficient (Wildman–Crippen LogP) is 6.55. The number of nitrogens with one attached hydrogen (secondary N) is 1. The summed E-state index contributed by atoms with van der Waals surface area (Å²) in [4.78, 5) is 8.80. The van der Waals surface area contributed by atoms with E-state index in [9.17, 15) is 0 Å². The number of rotatable bonds is 5. The summed E-state index contributed by atoms with van der Waals surface area (Å²) >= 11 is 12.1. The van der Waals surface area contributed by atoms with E-state index in [1.54, 1.807) is 6.20 Å². The van der Waals surface area contributed by atoms with Crippen LogP contribution in [0.1, 0.15) is 29.1 Å². The lowest BCUT2D eigenvalue weighted by Crippen LogP contribution is -2.29. The van der Waals surface area contributed by atoms with Gasteiger partial charge in [0, 0.05) is 42.3 Å². The zero-order valence-corrected chi connectivity index (χ0v) is 20.8. The predicted molar refractivity (Wildman–Crippen MR) is 143 cm³/mol. The first-order valence-corrected chi connectivity index (χ1v) is 11.9. The maximum atomic E-state index is 6.47. The summed E-state index contributed by atoms with van der Waals surface area (Å²) < 4.78 is 6.47. The molecule has 7 heteroatoms. The molecule has 0 bridgehead atoms. The van der Waals surface area contributed by atoms with Crippen molar-refractivity contribution in [2.75, 3.05) is 23.9 Å². The molecule has 2 aromatic heterocycles. The van der Waals surface area contributed by atoms with Gasteiger partial charge in [0.25, 0.3) is 0 Å². The second-order valence-corrected chi connectivity index (χ2v) is 9.39. The SMILES string of the molecule is Cc1ccc(Cl)cc1-c1ccc([C@H]2[C@H](c3ccccn3)NC(=S)N2c2ccc(N(C)C)cc2)o1. The maximum absolute atomic E-state index is 6.47. The van der Waals surface area contributed by atoms with Gasteiger partial charge in [0.2, 0.25) is 0 Å². The minimum Gasteiger partial charge on any atom is -0.459 e. The van der Waals surface area contributed by atoms with Crippen molar-refractivity contribution in [3.8, 4) is 11.3 Å². The van der Waals surface area contributed by atoms with Crippen LogP contribution in [0.3, 0.4) is 0 Å². The highest BCUT2D eigenvalue weighted by molar-refractivity contribution is 7.80. The number of hydrogen-bond donors (Lipinski definition) is 1. The van der Waals surface area contributed by atoms with E-state index in [-0.39, 0.29) is 12.1 Å². The van der Waals surface area contributed by atoms with Gasteiger partial charge in [-0.2, -0.15) is 0 Å². The molecule has 2 aromatic carbocycles. The van der Waals surface area contributed by atoms with Crippen LogP contribution < -0.4 is 15.1 Å². The van der Waals surface area contributed by atoms with Crippen molar-refractivity contribution in [1.82, 2.24) is 10.3 Å². The highest BCUT2D eigenvalue weighted by Crippen LogP contribution is 2.43. The molecule has 5 nitrogen and oxygen atoms in total. The lowest BCUT2D eigenvalue weighted by molar-refractivity contribution is 0.439. The Labute approximate surface area is 210 Å². The number of pyridine rings is 1. The third kappa shape index (κ3) is 4.15. The van der Waals surface area contributed by atoms with Crippen LogP contribution in [0.5, 0.6) is 0 Å². The molecule has 34 heavy (non-hydrogen) atoms. The Kier molecular flexibility index (Phi) is 6.02. The standard InChI is InChI=1S/C27H25ClN4OS/c1-17-7-8-18(28)16-21(17)23-13-14-24(33-23)26-25(22-6-4-5-15-29-22)30-27(34)32(26)20-11-9-19(10-12-20)31(2)3/h4-16,25-26H,1-3H3,(H,30,34)/t25-,26-/m0/s1. The number of aromatic nitrogens is 1. The van der Waals surface area contributed by atoms with E-state index in [0.29, 0.717) is 10.1 Å². The van der Waals surface area contributed by atoms with Gasteiger partial charge in [0.05, 0.1) is 11.7 Å². The summed E-state index contributed by atoms with van der Waals surface area (Å²) in [6, 6.07) is 23.7. The van der Waals surface area contributed by atoms with Crippen LogP contribution >= 0.6 is 23.8 Å². The van der Waals surface area contributed by atoms with Crippen LogP contribution in [-0.4, -0.2) is 24.2 Å². The van der Waals surface area contributed by atoms with Crippen LogP contribution in [0.4, 0.5) is 11.4 Å². The number of aryl methyl sites for hydroxylation is 1. The number of hydrogen-bond acceptors (Lipinski definition) is 4. The van der Waals surface area contributed by atoms with Crippen molar-refractivity contribution < 1.29 is 4.42 Å². The smallest absolute Gasteiger partial charge is 0.174 e. The molecule has 172 valence electrons. The molecule has 0 radical (unpaired) electrons. The second-order valence-electron chi connectivity index (χ2n) is 8.57. The van der Waals surface area contributed by atoms with Gasteiger partial charge in [0.1, 0.15) is 17.6 Å². The fourth-order valence-electron chi connectivity index (χ4n) is 4.35. The first-order valence-electron chi connectivity index (χ1n) is 11.1. The largest absolute Gasteiger partial charge is 0.459 e. The molecule has 1 aliphatic rings. The van der Waals surface area contributed by atoms with Crippen LogP contribution in [-0.2, 0) is 0 Å². The Hall–Kier alpha value is -3.35. The van der Waals surface area contributed by atoms with Crippen molar-refractivity contribution in [1.29, 1.82) is 0 Å². The summed E-state index contributed by atoms with van der Waals surface area (Å²) in [6.07, 6.45) is 1.80. The number of furan rings is 1. The normalized spacial score (nSPS) is 17.6.